The molecule has 6 N–H and O–H groups in total. The minimum absolute atomic E-state index is 0.323. The van der Waals surface area contributed by atoms with Crippen LogP contribution >= 0.6 is 0 Å². The number of aromatic amines is 1. The number of halogens is 1. The summed E-state index contributed by atoms with van der Waals surface area (Å²) in [5.74, 6) is -2.54. The molecule has 0 aromatic carbocycles. The van der Waals surface area contributed by atoms with Gasteiger partial charge in [-0.1, -0.05) is 19.8 Å². The van der Waals surface area contributed by atoms with Gasteiger partial charge in [0.05, 0.1) is 6.61 Å². The van der Waals surface area contributed by atoms with Gasteiger partial charge in [0.2, 0.25) is 5.72 Å². The van der Waals surface area contributed by atoms with Crippen LogP contribution in [0.25, 0.3) is 0 Å². The van der Waals surface area contributed by atoms with Crippen LogP contribution in [-0.4, -0.2) is 68.2 Å². The number of nitrogens with one attached hydrogen (secondary N) is 1. The highest BCUT2D eigenvalue weighted by Crippen LogP contribution is 2.42. The molecule has 0 spiro atoms. The predicted molar refractivity (Wildman–Crippen MR) is 95.0 cm³/mol. The Bertz CT molecular complexity index is 938. The Kier molecular flexibility index (Phi) is 6.31. The largest absolute Gasteiger partial charge is 0.458 e. The molecule has 29 heavy (non-hydrogen) atoms. The van der Waals surface area contributed by atoms with Crippen LogP contribution < -0.4 is 17.0 Å². The number of hydrogen-bond donors (Lipinski definition) is 5. The number of nitrogens with zero attached hydrogens (tertiary/aromatic N) is 1. The Morgan fingerprint density at radius 1 is 1.48 bits per heavy atom. The Morgan fingerprint density at radius 2 is 2.10 bits per heavy atom. The van der Waals surface area contributed by atoms with Crippen molar-refractivity contribution in [3.63, 3.8) is 0 Å². The molecule has 2 heterocycles. The molecule has 5 atom stereocenters. The van der Waals surface area contributed by atoms with E-state index in [1.54, 1.807) is 13.8 Å². The SMILES string of the molecule is C#Cc1cn([C@]2(CO)O[C@](F)(COC(=O)[C@@H](N)C(C)C)[C@@H](O)[C@H]2O)c(=O)[nH]c1=O. The average molecular weight is 415 g/mol. The van der Waals surface area contributed by atoms with Crippen LogP contribution in [0.15, 0.2) is 15.8 Å². The normalized spacial score (nSPS) is 30.2. The first-order valence-corrected chi connectivity index (χ1v) is 8.55. The van der Waals surface area contributed by atoms with E-state index in [9.17, 15) is 29.7 Å². The van der Waals surface area contributed by atoms with Gasteiger partial charge in [0.15, 0.2) is 6.61 Å². The molecular formula is C17H22FN3O8. The standard InChI is InChI=1S/C17H22FN3O8/c1-4-9-5-21(15(27)20-13(9)25)17(6-22)12(24)11(23)16(18,29-17)7-28-14(26)10(19)8(2)3/h1,5,8,10-12,22-24H,6-7,19H2,2-3H3,(H,20,25,27)/t10-,11-,12+,16+,17+/m0/s1. The van der Waals surface area contributed by atoms with Crippen LogP contribution in [-0.2, 0) is 20.0 Å². The lowest BCUT2D eigenvalue weighted by molar-refractivity contribution is -0.259. The van der Waals surface area contributed by atoms with Crippen LogP contribution in [0.3, 0.4) is 0 Å². The lowest BCUT2D eigenvalue weighted by Gasteiger charge is -2.32. The third kappa shape index (κ3) is 3.83. The van der Waals surface area contributed by atoms with E-state index < -0.39 is 60.3 Å². The van der Waals surface area contributed by atoms with E-state index in [1.807, 2.05) is 10.9 Å². The highest BCUT2D eigenvalue weighted by molar-refractivity contribution is 5.75. The second kappa shape index (κ2) is 8.05. The van der Waals surface area contributed by atoms with Crippen LogP contribution in [0.5, 0.6) is 0 Å². The van der Waals surface area contributed by atoms with E-state index in [0.717, 1.165) is 6.20 Å². The number of aliphatic hydroxyl groups excluding tert-OH is 3. The molecule has 1 aromatic heterocycles. The van der Waals surface area contributed by atoms with Crippen LogP contribution in [0, 0.1) is 18.3 Å². The summed E-state index contributed by atoms with van der Waals surface area (Å²) in [5, 5.41) is 30.3. The molecule has 0 bridgehead atoms. The van der Waals surface area contributed by atoms with E-state index >= 15 is 4.39 Å². The number of esters is 1. The van der Waals surface area contributed by atoms with E-state index in [2.05, 4.69) is 0 Å². The third-order valence-corrected chi connectivity index (χ3v) is 4.68. The molecule has 2 rings (SSSR count). The van der Waals surface area contributed by atoms with Gasteiger partial charge in [0.1, 0.15) is 23.8 Å². The predicted octanol–water partition coefficient (Wildman–Crippen LogP) is -2.89. The topological polar surface area (TPSA) is 177 Å². The van der Waals surface area contributed by atoms with Gasteiger partial charge in [-0.3, -0.25) is 19.1 Å². The van der Waals surface area contributed by atoms with Gasteiger partial charge in [-0.15, -0.1) is 6.42 Å². The molecule has 0 radical (unpaired) electrons. The van der Waals surface area contributed by atoms with Gasteiger partial charge >= 0.3 is 11.7 Å². The molecule has 1 aromatic rings. The quantitative estimate of drug-likeness (QED) is 0.241. The number of nitrogens with two attached hydrogens (primary N) is 1. The molecule has 1 aliphatic heterocycles. The number of ether oxygens (including phenoxy) is 2. The maximum absolute atomic E-state index is 15.3. The zero-order chi connectivity index (χ0) is 22.1. The highest BCUT2D eigenvalue weighted by Gasteiger charge is 2.65. The summed E-state index contributed by atoms with van der Waals surface area (Å²) in [6, 6.07) is -1.08. The molecule has 0 amide bonds. The Labute approximate surface area is 163 Å². The fourth-order valence-corrected chi connectivity index (χ4v) is 2.80. The molecule has 1 fully saturated rings. The fraction of sp³-hybridized carbons (Fsp3) is 0.588. The van der Waals surface area contributed by atoms with Crippen molar-refractivity contribution in [3.05, 3.63) is 32.6 Å². The lowest BCUT2D eigenvalue weighted by atomic mass is 10.0. The second-order valence-electron chi connectivity index (χ2n) is 6.97. The number of H-pyrrole nitrogens is 1. The van der Waals surface area contributed by atoms with Crippen molar-refractivity contribution < 1.29 is 34.0 Å². The minimum Gasteiger partial charge on any atom is -0.458 e. The zero-order valence-corrected chi connectivity index (χ0v) is 15.7. The summed E-state index contributed by atoms with van der Waals surface area (Å²) in [7, 11) is 0. The van der Waals surface area contributed by atoms with Crippen LogP contribution in [0.4, 0.5) is 4.39 Å². The van der Waals surface area contributed by atoms with Crippen molar-refractivity contribution >= 4 is 5.97 Å². The molecule has 1 aliphatic rings. The Morgan fingerprint density at radius 3 is 2.62 bits per heavy atom. The van der Waals surface area contributed by atoms with Crippen molar-refractivity contribution in [2.24, 2.45) is 11.7 Å². The number of alkyl halides is 1. The van der Waals surface area contributed by atoms with Crippen molar-refractivity contribution in [2.75, 3.05) is 13.2 Å². The van der Waals surface area contributed by atoms with Crippen molar-refractivity contribution in [3.8, 4) is 12.3 Å². The Balaban J connectivity index is 2.42. The van der Waals surface area contributed by atoms with Gasteiger partial charge in [-0.2, -0.15) is 0 Å². The number of aromatic nitrogens is 2. The summed E-state index contributed by atoms with van der Waals surface area (Å²) in [4.78, 5) is 37.5. The third-order valence-electron chi connectivity index (χ3n) is 4.68. The fourth-order valence-electron chi connectivity index (χ4n) is 2.80. The number of carbonyl (C=O) groups excluding carboxylic acids is 1. The average Bonchev–Trinajstić information content (AvgIpc) is 2.87. The van der Waals surface area contributed by atoms with Gasteiger partial charge in [-0.25, -0.2) is 9.18 Å². The zero-order valence-electron chi connectivity index (χ0n) is 15.7. The number of rotatable bonds is 6. The van der Waals surface area contributed by atoms with E-state index in [4.69, 9.17) is 21.6 Å². The highest BCUT2D eigenvalue weighted by atomic mass is 19.2. The lowest BCUT2D eigenvalue weighted by Crippen LogP contribution is -2.54. The van der Waals surface area contributed by atoms with Crippen molar-refractivity contribution in [1.82, 2.24) is 9.55 Å². The summed E-state index contributed by atoms with van der Waals surface area (Å²) in [6.07, 6.45) is 1.38. The second-order valence-corrected chi connectivity index (χ2v) is 6.97. The summed E-state index contributed by atoms with van der Waals surface area (Å²) in [6.45, 7) is 0.868. The maximum Gasteiger partial charge on any atom is 0.330 e. The van der Waals surface area contributed by atoms with Gasteiger partial charge in [-0.05, 0) is 5.92 Å². The van der Waals surface area contributed by atoms with Crippen LogP contribution in [0.2, 0.25) is 0 Å². The van der Waals surface area contributed by atoms with Crippen LogP contribution in [0.1, 0.15) is 19.4 Å². The van der Waals surface area contributed by atoms with E-state index in [1.165, 1.54) is 0 Å². The van der Waals surface area contributed by atoms with Gasteiger partial charge < -0.3 is 30.5 Å². The summed E-state index contributed by atoms with van der Waals surface area (Å²) in [5.41, 5.74) is 0.526. The maximum atomic E-state index is 15.3. The number of hydrogen-bond acceptors (Lipinski definition) is 9. The van der Waals surface area contributed by atoms with E-state index in [-0.39, 0.29) is 11.5 Å². The summed E-state index contributed by atoms with van der Waals surface area (Å²) < 4.78 is 25.5. The van der Waals surface area contributed by atoms with E-state index in [0.29, 0.717) is 4.57 Å². The first-order valence-electron chi connectivity index (χ1n) is 8.55. The number of carbonyl (C=O) groups is 1. The number of aliphatic hydroxyl groups is 3. The molecule has 0 aliphatic carbocycles. The van der Waals surface area contributed by atoms with Gasteiger partial charge in [0, 0.05) is 6.20 Å². The molecule has 0 saturated carbocycles. The smallest absolute Gasteiger partial charge is 0.330 e. The molecule has 11 nitrogen and oxygen atoms in total. The molecule has 12 heteroatoms. The molecule has 0 unspecified atom stereocenters. The molecule has 160 valence electrons. The summed E-state index contributed by atoms with van der Waals surface area (Å²) >= 11 is 0. The van der Waals surface area contributed by atoms with Crippen molar-refractivity contribution in [2.45, 2.75) is 43.7 Å². The van der Waals surface area contributed by atoms with Crippen molar-refractivity contribution in [1.29, 1.82) is 0 Å². The monoisotopic (exact) mass is 415 g/mol. The Hall–Kier alpha value is -2.56. The molecule has 1 saturated heterocycles. The minimum atomic E-state index is -3.21. The molecular weight excluding hydrogens is 393 g/mol. The first-order chi connectivity index (χ1) is 13.4. The van der Waals surface area contributed by atoms with Gasteiger partial charge in [0.25, 0.3) is 11.4 Å². The number of terminal acetylenes is 1. The first kappa shape index (κ1) is 22.7.